The number of amidine groups is 1. The fourth-order valence-corrected chi connectivity index (χ4v) is 2.45. The van der Waals surface area contributed by atoms with Crippen molar-refractivity contribution >= 4 is 46.3 Å². The van der Waals surface area contributed by atoms with Gasteiger partial charge in [0.05, 0.1) is 10.7 Å². The summed E-state index contributed by atoms with van der Waals surface area (Å²) in [5.74, 6) is 1.05. The summed E-state index contributed by atoms with van der Waals surface area (Å²) >= 11 is 17.5. The molecule has 1 heterocycles. The number of rotatable bonds is 3. The first-order valence-corrected chi connectivity index (χ1v) is 6.92. The highest BCUT2D eigenvalue weighted by Crippen LogP contribution is 2.29. The van der Waals surface area contributed by atoms with Gasteiger partial charge in [0.25, 0.3) is 0 Å². The quantitative estimate of drug-likeness (QED) is 0.777. The van der Waals surface area contributed by atoms with Gasteiger partial charge in [-0.3, -0.25) is 0 Å². The molecule has 0 N–H and O–H groups in total. The zero-order chi connectivity index (χ0) is 13.0. The molecular formula is C13H13Cl3N2. The lowest BCUT2D eigenvalue weighted by molar-refractivity contribution is 0.502. The highest BCUT2D eigenvalue weighted by atomic mass is 35.5. The molecule has 0 radical (unpaired) electrons. The number of halogens is 3. The van der Waals surface area contributed by atoms with E-state index in [0.29, 0.717) is 10.0 Å². The Morgan fingerprint density at radius 3 is 2.89 bits per heavy atom. The molecule has 2 nitrogen and oxygen atoms in total. The molecule has 96 valence electrons. The molecule has 1 aromatic carbocycles. The summed E-state index contributed by atoms with van der Waals surface area (Å²) in [5, 5.41) is 1.20. The van der Waals surface area contributed by atoms with Crippen molar-refractivity contribution in [3.63, 3.8) is 0 Å². The van der Waals surface area contributed by atoms with E-state index in [0.717, 1.165) is 37.5 Å². The predicted octanol–water partition coefficient (Wildman–Crippen LogP) is 4.87. The van der Waals surface area contributed by atoms with Gasteiger partial charge in [0.1, 0.15) is 5.84 Å². The van der Waals surface area contributed by atoms with Crippen LogP contribution < -0.4 is 0 Å². The van der Waals surface area contributed by atoms with E-state index in [9.17, 15) is 0 Å². The molecule has 1 fully saturated rings. The third kappa shape index (κ3) is 3.41. The summed E-state index contributed by atoms with van der Waals surface area (Å²) in [7, 11) is 0. The van der Waals surface area contributed by atoms with Gasteiger partial charge in [-0.1, -0.05) is 40.9 Å². The standard InChI is InChI=1S/C13H13Cl3N2/c14-6-2-8-18-7-1-3-13(18)17-12-5-4-10(15)9-11(12)16/h2,4-6,9H,1,3,7-8H2. The highest BCUT2D eigenvalue weighted by molar-refractivity contribution is 6.36. The molecule has 0 unspecified atom stereocenters. The van der Waals surface area contributed by atoms with Crippen LogP contribution in [0.4, 0.5) is 5.69 Å². The van der Waals surface area contributed by atoms with Crippen molar-refractivity contribution in [1.82, 2.24) is 4.90 Å². The lowest BCUT2D eigenvalue weighted by Crippen LogP contribution is -2.24. The maximum atomic E-state index is 6.11. The van der Waals surface area contributed by atoms with E-state index in [4.69, 9.17) is 34.8 Å². The predicted molar refractivity (Wildman–Crippen MR) is 79.4 cm³/mol. The molecule has 0 spiro atoms. The molecule has 18 heavy (non-hydrogen) atoms. The van der Waals surface area contributed by atoms with Crippen LogP contribution in [0.5, 0.6) is 0 Å². The second kappa shape index (κ2) is 6.46. The first-order valence-electron chi connectivity index (χ1n) is 5.73. The van der Waals surface area contributed by atoms with Gasteiger partial charge >= 0.3 is 0 Å². The zero-order valence-corrected chi connectivity index (χ0v) is 12.0. The fraction of sp³-hybridized carbons (Fsp3) is 0.308. The van der Waals surface area contributed by atoms with E-state index in [1.54, 1.807) is 12.1 Å². The molecule has 0 bridgehead atoms. The first-order chi connectivity index (χ1) is 8.70. The van der Waals surface area contributed by atoms with Gasteiger partial charge in [0.2, 0.25) is 0 Å². The Balaban J connectivity index is 2.20. The fourth-order valence-electron chi connectivity index (χ4n) is 1.92. The Morgan fingerprint density at radius 2 is 2.17 bits per heavy atom. The number of nitrogens with zero attached hydrogens (tertiary/aromatic N) is 2. The van der Waals surface area contributed by atoms with E-state index in [2.05, 4.69) is 9.89 Å². The normalized spacial score (nSPS) is 18.2. The topological polar surface area (TPSA) is 15.6 Å². The van der Waals surface area contributed by atoms with Crippen molar-refractivity contribution in [1.29, 1.82) is 0 Å². The van der Waals surface area contributed by atoms with Crippen molar-refractivity contribution in [3.05, 3.63) is 39.9 Å². The van der Waals surface area contributed by atoms with Gasteiger partial charge in [0, 0.05) is 30.1 Å². The second-order valence-corrected chi connectivity index (χ2v) is 5.13. The molecule has 0 aromatic heterocycles. The molecule has 1 saturated heterocycles. The van der Waals surface area contributed by atoms with Crippen LogP contribution in [0.1, 0.15) is 12.8 Å². The molecule has 0 atom stereocenters. The lowest BCUT2D eigenvalue weighted by atomic mass is 10.3. The van der Waals surface area contributed by atoms with E-state index in [1.165, 1.54) is 5.54 Å². The first kappa shape index (κ1) is 13.7. The van der Waals surface area contributed by atoms with Gasteiger partial charge in [-0.25, -0.2) is 4.99 Å². The molecule has 0 aliphatic carbocycles. The van der Waals surface area contributed by atoms with Gasteiger partial charge < -0.3 is 4.90 Å². The van der Waals surface area contributed by atoms with E-state index in [-0.39, 0.29) is 0 Å². The highest BCUT2D eigenvalue weighted by Gasteiger charge is 2.17. The number of hydrogen-bond donors (Lipinski definition) is 0. The van der Waals surface area contributed by atoms with Crippen molar-refractivity contribution in [2.75, 3.05) is 13.1 Å². The van der Waals surface area contributed by atoms with E-state index in [1.807, 2.05) is 12.1 Å². The molecular weight excluding hydrogens is 291 g/mol. The summed E-state index contributed by atoms with van der Waals surface area (Å²) < 4.78 is 0. The van der Waals surface area contributed by atoms with Crippen molar-refractivity contribution < 1.29 is 0 Å². The maximum absolute atomic E-state index is 6.11. The summed E-state index contributed by atoms with van der Waals surface area (Å²) in [5.41, 5.74) is 2.29. The number of hydrogen-bond acceptors (Lipinski definition) is 1. The minimum atomic E-state index is 0.578. The van der Waals surface area contributed by atoms with Crippen LogP contribution >= 0.6 is 34.8 Å². The summed E-state index contributed by atoms with van der Waals surface area (Å²) in [6, 6.07) is 5.34. The Labute approximate surface area is 122 Å². The van der Waals surface area contributed by atoms with Crippen molar-refractivity contribution in [2.45, 2.75) is 12.8 Å². The van der Waals surface area contributed by atoms with Crippen molar-refractivity contribution in [2.24, 2.45) is 4.99 Å². The van der Waals surface area contributed by atoms with Crippen LogP contribution in [0.25, 0.3) is 0 Å². The van der Waals surface area contributed by atoms with Gasteiger partial charge in [-0.2, -0.15) is 0 Å². The lowest BCUT2D eigenvalue weighted by Gasteiger charge is -2.16. The number of likely N-dealkylation sites (tertiary alicyclic amines) is 1. The van der Waals surface area contributed by atoms with Gasteiger partial charge in [-0.15, -0.1) is 0 Å². The summed E-state index contributed by atoms with van der Waals surface area (Å²) in [6.07, 6.45) is 3.99. The smallest absolute Gasteiger partial charge is 0.105 e. The second-order valence-electron chi connectivity index (χ2n) is 4.04. The average molecular weight is 304 g/mol. The molecule has 0 saturated carbocycles. The Morgan fingerprint density at radius 1 is 1.33 bits per heavy atom. The summed E-state index contributed by atoms with van der Waals surface area (Å²) in [4.78, 5) is 6.81. The SMILES string of the molecule is ClC=CCN1CCCC1=Nc1ccc(Cl)cc1Cl. The minimum absolute atomic E-state index is 0.578. The Kier molecular flexibility index (Phi) is 4.93. The molecule has 2 rings (SSSR count). The molecule has 1 aliphatic rings. The summed E-state index contributed by atoms with van der Waals surface area (Å²) in [6.45, 7) is 1.79. The third-order valence-electron chi connectivity index (χ3n) is 2.77. The van der Waals surface area contributed by atoms with Gasteiger partial charge in [0.15, 0.2) is 0 Å². The van der Waals surface area contributed by atoms with Crippen LogP contribution in [0.2, 0.25) is 10.0 Å². The van der Waals surface area contributed by atoms with Crippen LogP contribution in [0.3, 0.4) is 0 Å². The number of benzene rings is 1. The molecule has 1 aliphatic heterocycles. The monoisotopic (exact) mass is 302 g/mol. The number of aliphatic imine (C=N–C) groups is 1. The van der Waals surface area contributed by atoms with Crippen LogP contribution in [0.15, 0.2) is 34.8 Å². The molecule has 5 heteroatoms. The minimum Gasteiger partial charge on any atom is -0.356 e. The largest absolute Gasteiger partial charge is 0.356 e. The molecule has 1 aromatic rings. The Bertz CT molecular complexity index is 483. The maximum Gasteiger partial charge on any atom is 0.105 e. The third-order valence-corrected chi connectivity index (χ3v) is 3.48. The van der Waals surface area contributed by atoms with E-state index >= 15 is 0 Å². The molecule has 0 amide bonds. The van der Waals surface area contributed by atoms with Gasteiger partial charge in [-0.05, 0) is 24.6 Å². The van der Waals surface area contributed by atoms with Crippen molar-refractivity contribution in [3.8, 4) is 0 Å². The zero-order valence-electron chi connectivity index (χ0n) is 9.74. The van der Waals surface area contributed by atoms with Crippen LogP contribution in [-0.4, -0.2) is 23.8 Å². The average Bonchev–Trinajstić information content (AvgIpc) is 2.77. The van der Waals surface area contributed by atoms with E-state index < -0.39 is 0 Å². The van der Waals surface area contributed by atoms with Crippen LogP contribution in [0, 0.1) is 0 Å². The Hall–Kier alpha value is -0.700. The van der Waals surface area contributed by atoms with Crippen LogP contribution in [-0.2, 0) is 0 Å².